The number of hydrogen-bond donors (Lipinski definition) is 1. The van der Waals surface area contributed by atoms with E-state index in [4.69, 9.17) is 14.5 Å². The Morgan fingerprint density at radius 1 is 1.09 bits per heavy atom. The Bertz CT molecular complexity index is 1890. The highest BCUT2D eigenvalue weighted by Gasteiger charge is 2.33. The second-order valence-electron chi connectivity index (χ2n) is 12.2. The van der Waals surface area contributed by atoms with Crippen molar-refractivity contribution in [1.29, 1.82) is 0 Å². The van der Waals surface area contributed by atoms with Gasteiger partial charge in [0.2, 0.25) is 0 Å². The second kappa shape index (κ2) is 11.3. The van der Waals surface area contributed by atoms with Crippen LogP contribution in [-0.4, -0.2) is 32.8 Å². The summed E-state index contributed by atoms with van der Waals surface area (Å²) in [5.74, 6) is -0.306. The molecule has 1 aliphatic rings. The molecular weight excluding hydrogens is 540 g/mol. The zero-order valence-corrected chi connectivity index (χ0v) is 25.0. The van der Waals surface area contributed by atoms with Crippen molar-refractivity contribution in [3.05, 3.63) is 106 Å². The Kier molecular flexibility index (Phi) is 7.52. The highest BCUT2D eigenvalue weighted by atomic mass is 16.5. The minimum Gasteiger partial charge on any atom is -0.493 e. The summed E-state index contributed by atoms with van der Waals surface area (Å²) < 4.78 is 14.0. The van der Waals surface area contributed by atoms with Gasteiger partial charge in [0.25, 0.3) is 5.56 Å². The topological polar surface area (TPSA) is 90.7 Å². The molecule has 0 saturated carbocycles. The molecule has 0 amide bonds. The van der Waals surface area contributed by atoms with Crippen LogP contribution in [0.4, 0.5) is 0 Å². The minimum atomic E-state index is -1.24. The van der Waals surface area contributed by atoms with Crippen molar-refractivity contribution in [2.24, 2.45) is 0 Å². The Morgan fingerprint density at radius 2 is 1.88 bits per heavy atom. The number of benzene rings is 3. The molecule has 2 aromatic heterocycles. The maximum atomic E-state index is 13.3. The van der Waals surface area contributed by atoms with E-state index in [1.807, 2.05) is 76.2 Å². The molecule has 7 nitrogen and oxygen atoms in total. The molecule has 3 heterocycles. The van der Waals surface area contributed by atoms with Crippen LogP contribution in [0.5, 0.6) is 5.75 Å². The summed E-state index contributed by atoms with van der Waals surface area (Å²) in [6.45, 7) is 8.58. The van der Waals surface area contributed by atoms with E-state index in [1.165, 1.54) is 5.56 Å². The Hall–Kier alpha value is -4.49. The minimum absolute atomic E-state index is 0.0946. The first-order valence-electron chi connectivity index (χ1n) is 14.8. The second-order valence-corrected chi connectivity index (χ2v) is 12.2. The summed E-state index contributed by atoms with van der Waals surface area (Å²) in [6.07, 6.45) is 2.95. The zero-order valence-electron chi connectivity index (χ0n) is 25.0. The van der Waals surface area contributed by atoms with Gasteiger partial charge in [-0.3, -0.25) is 9.78 Å². The van der Waals surface area contributed by atoms with Crippen LogP contribution in [0.2, 0.25) is 0 Å². The number of carbonyl (C=O) groups is 1. The van der Waals surface area contributed by atoms with Gasteiger partial charge in [-0.25, -0.2) is 4.79 Å². The number of carboxylic acid groups (broad SMARTS) is 1. The molecule has 7 heteroatoms. The first-order valence-corrected chi connectivity index (χ1v) is 14.8. The molecule has 0 radical (unpaired) electrons. The molecule has 6 rings (SSSR count). The molecule has 43 heavy (non-hydrogen) atoms. The average molecular weight is 577 g/mol. The van der Waals surface area contributed by atoms with Crippen LogP contribution in [0.3, 0.4) is 0 Å². The maximum Gasteiger partial charge on any atom is 0.337 e. The van der Waals surface area contributed by atoms with Crippen molar-refractivity contribution in [1.82, 2.24) is 9.55 Å². The van der Waals surface area contributed by atoms with Crippen LogP contribution in [0, 0.1) is 6.92 Å². The van der Waals surface area contributed by atoms with Crippen LogP contribution < -0.4 is 10.3 Å². The third-order valence-electron chi connectivity index (χ3n) is 8.03. The summed E-state index contributed by atoms with van der Waals surface area (Å²) in [4.78, 5) is 31.0. The number of aliphatic carboxylic acids is 1. The highest BCUT2D eigenvalue weighted by Crippen LogP contribution is 2.45. The number of pyridine rings is 2. The third-order valence-corrected chi connectivity index (χ3v) is 8.03. The van der Waals surface area contributed by atoms with E-state index < -0.39 is 17.7 Å². The van der Waals surface area contributed by atoms with E-state index in [2.05, 4.69) is 12.1 Å². The molecule has 0 bridgehead atoms. The number of hydrogen-bond acceptors (Lipinski definition) is 5. The fourth-order valence-corrected chi connectivity index (χ4v) is 6.22. The third kappa shape index (κ3) is 5.53. The molecular formula is C36H36N2O5. The van der Waals surface area contributed by atoms with Crippen LogP contribution >= 0.6 is 0 Å². The number of ether oxygens (including phenoxy) is 2. The fraction of sp³-hybridized carbons (Fsp3) is 0.306. The quantitative estimate of drug-likeness (QED) is 0.213. The smallest absolute Gasteiger partial charge is 0.337 e. The normalized spacial score (nSPS) is 13.7. The first kappa shape index (κ1) is 28.6. The standard InChI is InChI=1S/C36H36N2O5/c1-22-21-27-25(13-15-29(39)38(27)19-8-11-23-9-6-5-7-10-23)32(30(22)34(35(40)41)43-36(2,3)4)26-12-14-28-31-24(17-20-42-28)16-18-37-33(26)31/h5-7,9-10,12-16,18,21,34H,8,11,17,19-20H2,1-4H3,(H,40,41)/t34-/m0/s1. The lowest BCUT2D eigenvalue weighted by atomic mass is 9.86. The number of rotatable bonds is 8. The van der Waals surface area contributed by atoms with Crippen molar-refractivity contribution < 1.29 is 19.4 Å². The van der Waals surface area contributed by atoms with Crippen molar-refractivity contribution >= 4 is 27.8 Å². The predicted octanol–water partition coefficient (Wildman–Crippen LogP) is 7.03. The van der Waals surface area contributed by atoms with Gasteiger partial charge in [0, 0.05) is 47.1 Å². The number of aryl methyl sites for hydroxylation is 3. The molecule has 0 aliphatic carbocycles. The zero-order chi connectivity index (χ0) is 30.3. The van der Waals surface area contributed by atoms with Crippen LogP contribution in [0.15, 0.2) is 77.7 Å². The molecule has 1 aliphatic heterocycles. The largest absolute Gasteiger partial charge is 0.493 e. The van der Waals surface area contributed by atoms with Crippen molar-refractivity contribution in [3.8, 4) is 16.9 Å². The maximum absolute atomic E-state index is 13.3. The molecule has 1 N–H and O–H groups in total. The first-order chi connectivity index (χ1) is 20.6. The average Bonchev–Trinajstić information content (AvgIpc) is 2.97. The number of aromatic nitrogens is 2. The Labute approximate surface area is 250 Å². The highest BCUT2D eigenvalue weighted by molar-refractivity contribution is 6.08. The lowest BCUT2D eigenvalue weighted by Crippen LogP contribution is -2.28. The van der Waals surface area contributed by atoms with Crippen molar-refractivity contribution in [3.63, 3.8) is 0 Å². The van der Waals surface area contributed by atoms with Gasteiger partial charge < -0.3 is 19.1 Å². The van der Waals surface area contributed by atoms with Crippen molar-refractivity contribution in [2.45, 2.75) is 65.2 Å². The number of fused-ring (bicyclic) bond motifs is 1. The number of nitrogens with zero attached hydrogens (tertiary/aromatic N) is 2. The SMILES string of the molecule is Cc1cc2c(ccc(=O)n2CCCc2ccccc2)c(-c2ccc3c4c(ccnc24)CCO3)c1[C@H](OC(C)(C)C)C(=O)O. The van der Waals surface area contributed by atoms with Crippen LogP contribution in [-0.2, 0) is 28.9 Å². The van der Waals surface area contributed by atoms with E-state index in [1.54, 1.807) is 16.8 Å². The fourth-order valence-electron chi connectivity index (χ4n) is 6.22. The molecule has 0 unspecified atom stereocenters. The van der Waals surface area contributed by atoms with Gasteiger partial charge in [-0.1, -0.05) is 30.3 Å². The Balaban J connectivity index is 1.62. The van der Waals surface area contributed by atoms with Crippen molar-refractivity contribution in [2.75, 3.05) is 6.61 Å². The molecule has 3 aromatic carbocycles. The van der Waals surface area contributed by atoms with E-state index in [-0.39, 0.29) is 5.56 Å². The van der Waals surface area contributed by atoms with Crippen LogP contribution in [0.1, 0.15) is 55.5 Å². The van der Waals surface area contributed by atoms with Gasteiger partial charge in [-0.2, -0.15) is 0 Å². The summed E-state index contributed by atoms with van der Waals surface area (Å²) >= 11 is 0. The molecule has 5 aromatic rings. The van der Waals surface area contributed by atoms with E-state index in [0.717, 1.165) is 63.5 Å². The molecule has 0 saturated heterocycles. The van der Waals surface area contributed by atoms with E-state index in [0.29, 0.717) is 24.3 Å². The van der Waals surface area contributed by atoms with Gasteiger partial charge in [0.15, 0.2) is 6.10 Å². The molecule has 0 fully saturated rings. The van der Waals surface area contributed by atoms with Gasteiger partial charge >= 0.3 is 5.97 Å². The van der Waals surface area contributed by atoms with E-state index >= 15 is 0 Å². The van der Waals surface area contributed by atoms with Gasteiger partial charge in [0.05, 0.1) is 23.2 Å². The molecule has 0 spiro atoms. The van der Waals surface area contributed by atoms with Crippen LogP contribution in [0.25, 0.3) is 32.9 Å². The lowest BCUT2D eigenvalue weighted by molar-refractivity contribution is -0.160. The summed E-state index contributed by atoms with van der Waals surface area (Å²) in [5.41, 5.74) is 5.84. The van der Waals surface area contributed by atoms with Gasteiger partial charge in [-0.15, -0.1) is 0 Å². The van der Waals surface area contributed by atoms with Gasteiger partial charge in [0.1, 0.15) is 5.75 Å². The summed E-state index contributed by atoms with van der Waals surface area (Å²) in [6, 6.07) is 21.5. The number of carboxylic acids is 1. The van der Waals surface area contributed by atoms with Gasteiger partial charge in [-0.05, 0) is 93.1 Å². The predicted molar refractivity (Wildman–Crippen MR) is 169 cm³/mol. The summed E-state index contributed by atoms with van der Waals surface area (Å²) in [5, 5.41) is 12.2. The Morgan fingerprint density at radius 3 is 2.63 bits per heavy atom. The lowest BCUT2D eigenvalue weighted by Gasteiger charge is -2.29. The monoisotopic (exact) mass is 576 g/mol. The molecule has 1 atom stereocenters. The summed E-state index contributed by atoms with van der Waals surface area (Å²) in [7, 11) is 0. The van der Waals surface area contributed by atoms with E-state index in [9.17, 15) is 14.7 Å². The molecule has 220 valence electrons.